The van der Waals surface area contributed by atoms with Gasteiger partial charge in [-0.3, -0.25) is 0 Å². The lowest BCUT2D eigenvalue weighted by atomic mass is 10.2. The lowest BCUT2D eigenvalue weighted by Crippen LogP contribution is -2.18. The molecular formula is C15H20ClNO3S. The van der Waals surface area contributed by atoms with Crippen molar-refractivity contribution in [2.75, 3.05) is 11.9 Å². The highest BCUT2D eigenvalue weighted by molar-refractivity contribution is 7.80. The number of unbranched alkanes of at least 4 members (excludes halogenated alkanes) is 1. The summed E-state index contributed by atoms with van der Waals surface area (Å²) in [4.78, 5) is 12.0. The van der Waals surface area contributed by atoms with Crippen molar-refractivity contribution in [3.63, 3.8) is 0 Å². The normalized spacial score (nSPS) is 10.3. The van der Waals surface area contributed by atoms with Gasteiger partial charge < -0.3 is 14.8 Å². The van der Waals surface area contributed by atoms with Crippen LogP contribution in [-0.4, -0.2) is 23.9 Å². The van der Waals surface area contributed by atoms with E-state index in [1.54, 1.807) is 18.2 Å². The summed E-state index contributed by atoms with van der Waals surface area (Å²) in [5.74, 6) is -0.437. The number of anilines is 1. The number of halogens is 1. The summed E-state index contributed by atoms with van der Waals surface area (Å²) in [6.07, 6.45) is 1.77. The Hall–Kier alpha value is -1.33. The average Bonchev–Trinajstić information content (AvgIpc) is 2.40. The minimum Gasteiger partial charge on any atom is -0.468 e. The highest BCUT2D eigenvalue weighted by Gasteiger charge is 2.13. The molecule has 6 heteroatoms. The minimum absolute atomic E-state index is 0.0178. The van der Waals surface area contributed by atoms with Gasteiger partial charge in [0.1, 0.15) is 0 Å². The van der Waals surface area contributed by atoms with Gasteiger partial charge in [0.25, 0.3) is 5.17 Å². The molecule has 0 radical (unpaired) electrons. The number of nitrogens with one attached hydrogen (secondary N) is 1. The average molecular weight is 330 g/mol. The molecule has 0 heterocycles. The lowest BCUT2D eigenvalue weighted by Gasteiger charge is -2.13. The smallest absolute Gasteiger partial charge is 0.339 e. The highest BCUT2D eigenvalue weighted by atomic mass is 35.5. The number of ether oxygens (including phenoxy) is 2. The molecule has 0 unspecified atom stereocenters. The van der Waals surface area contributed by atoms with E-state index < -0.39 is 5.97 Å². The van der Waals surface area contributed by atoms with Crippen molar-refractivity contribution in [1.82, 2.24) is 0 Å². The number of benzene rings is 1. The van der Waals surface area contributed by atoms with Crippen molar-refractivity contribution >= 4 is 40.7 Å². The number of hydrogen-bond acceptors (Lipinski definition) is 4. The maximum Gasteiger partial charge on any atom is 0.339 e. The third-order valence-electron chi connectivity index (χ3n) is 2.51. The van der Waals surface area contributed by atoms with Gasteiger partial charge in [0.05, 0.1) is 23.3 Å². The van der Waals surface area contributed by atoms with E-state index in [1.807, 2.05) is 20.8 Å². The molecule has 4 nitrogen and oxygen atoms in total. The Bertz CT molecular complexity index is 506. The zero-order chi connectivity index (χ0) is 15.8. The van der Waals surface area contributed by atoms with Crippen molar-refractivity contribution < 1.29 is 14.3 Å². The molecule has 1 N–H and O–H groups in total. The lowest BCUT2D eigenvalue weighted by molar-refractivity contribution is 0.0500. The van der Waals surface area contributed by atoms with Crippen LogP contribution in [-0.2, 0) is 9.47 Å². The first kappa shape index (κ1) is 17.7. The molecule has 0 fully saturated rings. The molecular weight excluding hydrogens is 310 g/mol. The number of hydrogen-bond donors (Lipinski definition) is 1. The molecule has 0 aliphatic rings. The standard InChI is InChI=1S/C15H20ClNO3S/c1-4-5-8-19-14(18)12-9-11(6-7-13(12)16)17-15(21)20-10(2)3/h6-7,9-10H,4-5,8H2,1-3H3,(H,17,21). The Morgan fingerprint density at radius 1 is 1.43 bits per heavy atom. The number of thiocarbonyl (C=S) groups is 1. The van der Waals surface area contributed by atoms with Crippen molar-refractivity contribution in [2.45, 2.75) is 39.7 Å². The second kappa shape index (κ2) is 8.85. The molecule has 1 rings (SSSR count). The van der Waals surface area contributed by atoms with Gasteiger partial charge >= 0.3 is 5.97 Å². The van der Waals surface area contributed by atoms with E-state index in [4.69, 9.17) is 33.3 Å². The molecule has 0 spiro atoms. The Morgan fingerprint density at radius 2 is 2.14 bits per heavy atom. The van der Waals surface area contributed by atoms with Gasteiger partial charge in [-0.1, -0.05) is 24.9 Å². The van der Waals surface area contributed by atoms with Crippen LogP contribution in [0.4, 0.5) is 5.69 Å². The van der Waals surface area contributed by atoms with Crippen molar-refractivity contribution in [3.8, 4) is 0 Å². The van der Waals surface area contributed by atoms with Crippen LogP contribution >= 0.6 is 23.8 Å². The molecule has 1 aromatic rings. The summed E-state index contributed by atoms with van der Waals surface area (Å²) in [5.41, 5.74) is 0.942. The van der Waals surface area contributed by atoms with Crippen LogP contribution in [0.15, 0.2) is 18.2 Å². The highest BCUT2D eigenvalue weighted by Crippen LogP contribution is 2.22. The van der Waals surface area contributed by atoms with E-state index in [9.17, 15) is 4.79 Å². The van der Waals surface area contributed by atoms with Crippen molar-refractivity contribution in [1.29, 1.82) is 0 Å². The van der Waals surface area contributed by atoms with Crippen LogP contribution in [0.25, 0.3) is 0 Å². The monoisotopic (exact) mass is 329 g/mol. The maximum atomic E-state index is 12.0. The van der Waals surface area contributed by atoms with Crippen molar-refractivity contribution in [3.05, 3.63) is 28.8 Å². The van der Waals surface area contributed by atoms with Gasteiger partial charge in [0.2, 0.25) is 0 Å². The largest absolute Gasteiger partial charge is 0.468 e. The second-order valence-corrected chi connectivity index (χ2v) is 5.54. The zero-order valence-corrected chi connectivity index (χ0v) is 14.0. The van der Waals surface area contributed by atoms with E-state index >= 15 is 0 Å². The SMILES string of the molecule is CCCCOC(=O)c1cc(NC(=S)OC(C)C)ccc1Cl. The molecule has 21 heavy (non-hydrogen) atoms. The van der Waals surface area contributed by atoms with E-state index in [1.165, 1.54) is 0 Å². The van der Waals surface area contributed by atoms with Gasteiger partial charge in [-0.25, -0.2) is 4.79 Å². The summed E-state index contributed by atoms with van der Waals surface area (Å²) >= 11 is 11.1. The maximum absolute atomic E-state index is 12.0. The number of carbonyl (C=O) groups excluding carboxylic acids is 1. The Morgan fingerprint density at radius 3 is 2.76 bits per heavy atom. The van der Waals surface area contributed by atoms with Crippen LogP contribution in [0.1, 0.15) is 44.0 Å². The Balaban J connectivity index is 2.75. The minimum atomic E-state index is -0.437. The fraction of sp³-hybridized carbons (Fsp3) is 0.467. The first-order valence-electron chi connectivity index (χ1n) is 6.88. The quantitative estimate of drug-likeness (QED) is 0.475. The predicted molar refractivity (Wildman–Crippen MR) is 89.1 cm³/mol. The molecule has 0 saturated carbocycles. The molecule has 0 aromatic heterocycles. The summed E-state index contributed by atoms with van der Waals surface area (Å²) < 4.78 is 10.5. The van der Waals surface area contributed by atoms with Gasteiger partial charge in [0, 0.05) is 5.69 Å². The molecule has 0 atom stereocenters. The number of rotatable bonds is 6. The van der Waals surface area contributed by atoms with Crippen molar-refractivity contribution in [2.24, 2.45) is 0 Å². The van der Waals surface area contributed by atoms with Crippen LogP contribution in [0.3, 0.4) is 0 Å². The molecule has 0 amide bonds. The Labute approximate surface area is 135 Å². The van der Waals surface area contributed by atoms with Crippen LogP contribution in [0.5, 0.6) is 0 Å². The second-order valence-electron chi connectivity index (χ2n) is 4.76. The third kappa shape index (κ3) is 6.31. The first-order chi connectivity index (χ1) is 9.93. The van der Waals surface area contributed by atoms with Crippen LogP contribution in [0.2, 0.25) is 5.02 Å². The number of carbonyl (C=O) groups is 1. The summed E-state index contributed by atoms with van der Waals surface area (Å²) in [6.45, 7) is 6.18. The molecule has 0 aliphatic heterocycles. The summed E-state index contributed by atoms with van der Waals surface area (Å²) in [6, 6.07) is 4.95. The zero-order valence-electron chi connectivity index (χ0n) is 12.4. The van der Waals surface area contributed by atoms with E-state index in [0.29, 0.717) is 22.9 Å². The number of esters is 1. The molecule has 1 aromatic carbocycles. The molecule has 0 aliphatic carbocycles. The fourth-order valence-corrected chi connectivity index (χ4v) is 2.01. The summed E-state index contributed by atoms with van der Waals surface area (Å²) in [7, 11) is 0. The van der Waals surface area contributed by atoms with Gasteiger partial charge in [-0.05, 0) is 50.7 Å². The van der Waals surface area contributed by atoms with E-state index in [2.05, 4.69) is 5.32 Å². The molecule has 0 bridgehead atoms. The molecule has 0 saturated heterocycles. The fourth-order valence-electron chi connectivity index (χ4n) is 1.51. The molecule has 116 valence electrons. The topological polar surface area (TPSA) is 47.6 Å². The predicted octanol–water partition coefficient (Wildman–Crippen LogP) is 4.42. The van der Waals surface area contributed by atoms with Crippen LogP contribution in [0, 0.1) is 0 Å². The first-order valence-corrected chi connectivity index (χ1v) is 7.67. The third-order valence-corrected chi connectivity index (χ3v) is 3.03. The van der Waals surface area contributed by atoms with Gasteiger partial charge in [0.15, 0.2) is 0 Å². The van der Waals surface area contributed by atoms with Gasteiger partial charge in [-0.2, -0.15) is 0 Å². The van der Waals surface area contributed by atoms with Crippen LogP contribution < -0.4 is 5.32 Å². The van der Waals surface area contributed by atoms with Gasteiger partial charge in [-0.15, -0.1) is 0 Å². The van der Waals surface area contributed by atoms with E-state index in [0.717, 1.165) is 12.8 Å². The summed E-state index contributed by atoms with van der Waals surface area (Å²) in [5, 5.41) is 3.50. The Kier molecular flexibility index (Phi) is 7.47. The van der Waals surface area contributed by atoms with E-state index in [-0.39, 0.29) is 11.3 Å².